The van der Waals surface area contributed by atoms with Gasteiger partial charge in [-0.3, -0.25) is 4.79 Å². The second-order valence-electron chi connectivity index (χ2n) is 7.43. The fourth-order valence-electron chi connectivity index (χ4n) is 4.19. The number of carbonyl (C=O) groups is 1. The van der Waals surface area contributed by atoms with Crippen LogP contribution in [0.2, 0.25) is 0 Å². The maximum absolute atomic E-state index is 13.5. The molecule has 27 heavy (non-hydrogen) atoms. The highest BCUT2D eigenvalue weighted by Crippen LogP contribution is 2.43. The van der Waals surface area contributed by atoms with Crippen molar-refractivity contribution in [3.8, 4) is 11.1 Å². The summed E-state index contributed by atoms with van der Waals surface area (Å²) in [6.07, 6.45) is 4.61. The van der Waals surface area contributed by atoms with Gasteiger partial charge in [0, 0.05) is 29.7 Å². The lowest BCUT2D eigenvalue weighted by Gasteiger charge is -2.30. The van der Waals surface area contributed by atoms with E-state index in [0.717, 1.165) is 71.9 Å². The molecular formula is C25H27NO. The van der Waals surface area contributed by atoms with Crippen molar-refractivity contribution in [2.45, 2.75) is 39.5 Å². The molecule has 4 rings (SSSR count). The van der Waals surface area contributed by atoms with Crippen molar-refractivity contribution >= 4 is 22.2 Å². The maximum atomic E-state index is 13.5. The third-order valence-electron chi connectivity index (χ3n) is 5.62. The molecule has 0 saturated carbocycles. The zero-order valence-corrected chi connectivity index (χ0v) is 16.3. The molecule has 0 heterocycles. The van der Waals surface area contributed by atoms with Gasteiger partial charge in [-0.05, 0) is 35.4 Å². The van der Waals surface area contributed by atoms with E-state index < -0.39 is 0 Å². The fourth-order valence-corrected chi connectivity index (χ4v) is 4.19. The Morgan fingerprint density at radius 2 is 1.41 bits per heavy atom. The number of anilines is 1. The molecule has 0 radical (unpaired) electrons. The summed E-state index contributed by atoms with van der Waals surface area (Å²) < 4.78 is 0. The number of benzene rings is 3. The van der Waals surface area contributed by atoms with E-state index in [4.69, 9.17) is 0 Å². The fraction of sp³-hybridized carbons (Fsp3) is 0.320. The Balaban J connectivity index is 1.95. The summed E-state index contributed by atoms with van der Waals surface area (Å²) in [7, 11) is 0. The molecule has 0 N–H and O–H groups in total. The number of rotatable bonds is 7. The molecule has 138 valence electrons. The molecular weight excluding hydrogens is 330 g/mol. The van der Waals surface area contributed by atoms with E-state index in [9.17, 15) is 4.79 Å². The van der Waals surface area contributed by atoms with Crippen LogP contribution in [0.25, 0.3) is 21.9 Å². The molecule has 2 nitrogen and oxygen atoms in total. The summed E-state index contributed by atoms with van der Waals surface area (Å²) in [5, 5.41) is 2.27. The van der Waals surface area contributed by atoms with Gasteiger partial charge in [0.2, 0.25) is 0 Å². The molecule has 0 fully saturated rings. The molecule has 0 bridgehead atoms. The van der Waals surface area contributed by atoms with E-state index >= 15 is 0 Å². The van der Waals surface area contributed by atoms with E-state index in [1.165, 1.54) is 5.56 Å². The first-order valence-corrected chi connectivity index (χ1v) is 10.2. The molecule has 3 aromatic carbocycles. The number of nitrogens with zero attached hydrogens (tertiary/aromatic N) is 1. The number of fused-ring (bicyclic) bond motifs is 2. The van der Waals surface area contributed by atoms with E-state index in [-0.39, 0.29) is 5.78 Å². The van der Waals surface area contributed by atoms with Gasteiger partial charge in [0.1, 0.15) is 0 Å². The Bertz CT molecular complexity index is 981. The molecule has 0 spiro atoms. The van der Waals surface area contributed by atoms with Crippen LogP contribution in [-0.2, 0) is 0 Å². The van der Waals surface area contributed by atoms with Crippen LogP contribution in [0.4, 0.5) is 5.69 Å². The highest BCUT2D eigenvalue weighted by atomic mass is 16.1. The van der Waals surface area contributed by atoms with E-state index in [2.05, 4.69) is 55.1 Å². The van der Waals surface area contributed by atoms with Crippen LogP contribution in [0.3, 0.4) is 0 Å². The Kier molecular flexibility index (Phi) is 4.98. The topological polar surface area (TPSA) is 20.3 Å². The van der Waals surface area contributed by atoms with Crippen molar-refractivity contribution in [3.63, 3.8) is 0 Å². The minimum absolute atomic E-state index is 0.169. The van der Waals surface area contributed by atoms with Crippen molar-refractivity contribution in [1.29, 1.82) is 0 Å². The monoisotopic (exact) mass is 357 g/mol. The predicted molar refractivity (Wildman–Crippen MR) is 115 cm³/mol. The Labute approximate surface area is 161 Å². The van der Waals surface area contributed by atoms with Gasteiger partial charge in [-0.15, -0.1) is 0 Å². The molecule has 1 aliphatic carbocycles. The quantitative estimate of drug-likeness (QED) is 0.378. The van der Waals surface area contributed by atoms with Crippen LogP contribution < -0.4 is 4.90 Å². The molecule has 0 aromatic heterocycles. The van der Waals surface area contributed by atoms with Crippen LogP contribution in [0.1, 0.15) is 55.5 Å². The van der Waals surface area contributed by atoms with Gasteiger partial charge in [0.05, 0.1) is 5.56 Å². The predicted octanol–water partition coefficient (Wildman–Crippen LogP) is 6.46. The molecule has 0 saturated heterocycles. The molecule has 2 heteroatoms. The normalized spacial score (nSPS) is 12.3. The SMILES string of the molecule is CCCCN(CCCC)c1ccc2cccc3c2c1C(=O)c1ccccc1-3. The van der Waals surface area contributed by atoms with Gasteiger partial charge in [-0.2, -0.15) is 0 Å². The first-order chi connectivity index (χ1) is 13.3. The van der Waals surface area contributed by atoms with Crippen molar-refractivity contribution in [2.75, 3.05) is 18.0 Å². The summed E-state index contributed by atoms with van der Waals surface area (Å²) in [5.41, 5.74) is 5.08. The van der Waals surface area contributed by atoms with Crippen molar-refractivity contribution < 1.29 is 4.79 Å². The van der Waals surface area contributed by atoms with E-state index in [1.54, 1.807) is 0 Å². The van der Waals surface area contributed by atoms with Crippen LogP contribution >= 0.6 is 0 Å². The van der Waals surface area contributed by atoms with Crippen LogP contribution in [0, 0.1) is 0 Å². The number of hydrogen-bond donors (Lipinski definition) is 0. The zero-order chi connectivity index (χ0) is 18.8. The van der Waals surface area contributed by atoms with Crippen molar-refractivity contribution in [3.05, 3.63) is 65.7 Å². The van der Waals surface area contributed by atoms with Gasteiger partial charge in [0.15, 0.2) is 5.78 Å². The highest BCUT2D eigenvalue weighted by molar-refractivity contribution is 6.28. The van der Waals surface area contributed by atoms with Gasteiger partial charge in [0.25, 0.3) is 0 Å². The van der Waals surface area contributed by atoms with E-state index in [1.807, 2.05) is 18.2 Å². The lowest BCUT2D eigenvalue weighted by atomic mass is 9.82. The number of ketones is 1. The first kappa shape index (κ1) is 17.8. The average molecular weight is 357 g/mol. The van der Waals surface area contributed by atoms with Gasteiger partial charge < -0.3 is 4.90 Å². The number of carbonyl (C=O) groups excluding carboxylic acids is 1. The molecule has 0 aliphatic heterocycles. The summed E-state index contributed by atoms with van der Waals surface area (Å²) in [4.78, 5) is 16.0. The van der Waals surface area contributed by atoms with Crippen LogP contribution in [0.5, 0.6) is 0 Å². The molecule has 3 aromatic rings. The Morgan fingerprint density at radius 1 is 0.741 bits per heavy atom. The summed E-state index contributed by atoms with van der Waals surface area (Å²) >= 11 is 0. The third kappa shape index (κ3) is 3.03. The van der Waals surface area contributed by atoms with Crippen LogP contribution in [0.15, 0.2) is 54.6 Å². The molecule has 1 aliphatic rings. The first-order valence-electron chi connectivity index (χ1n) is 10.2. The van der Waals surface area contributed by atoms with Crippen LogP contribution in [-0.4, -0.2) is 18.9 Å². The third-order valence-corrected chi connectivity index (χ3v) is 5.62. The lowest BCUT2D eigenvalue weighted by Crippen LogP contribution is -2.28. The second-order valence-corrected chi connectivity index (χ2v) is 7.43. The molecule has 0 atom stereocenters. The van der Waals surface area contributed by atoms with Gasteiger partial charge in [-0.25, -0.2) is 0 Å². The lowest BCUT2D eigenvalue weighted by molar-refractivity contribution is 0.104. The Morgan fingerprint density at radius 3 is 2.11 bits per heavy atom. The van der Waals surface area contributed by atoms with Crippen molar-refractivity contribution in [2.24, 2.45) is 0 Å². The largest absolute Gasteiger partial charge is 0.371 e. The number of hydrogen-bond acceptors (Lipinski definition) is 2. The minimum Gasteiger partial charge on any atom is -0.371 e. The maximum Gasteiger partial charge on any atom is 0.196 e. The van der Waals surface area contributed by atoms with Gasteiger partial charge in [-0.1, -0.05) is 75.2 Å². The highest BCUT2D eigenvalue weighted by Gasteiger charge is 2.28. The second kappa shape index (κ2) is 7.56. The summed E-state index contributed by atoms with van der Waals surface area (Å²) in [6.45, 7) is 6.46. The number of unbranched alkanes of at least 4 members (excludes halogenated alkanes) is 2. The summed E-state index contributed by atoms with van der Waals surface area (Å²) in [6, 6.07) is 18.8. The van der Waals surface area contributed by atoms with Gasteiger partial charge >= 0.3 is 0 Å². The minimum atomic E-state index is 0.169. The molecule has 0 unspecified atom stereocenters. The zero-order valence-electron chi connectivity index (χ0n) is 16.3. The summed E-state index contributed by atoms with van der Waals surface area (Å²) in [5.74, 6) is 0.169. The smallest absolute Gasteiger partial charge is 0.196 e. The standard InChI is InChI=1S/C25H27NO/c1-3-5-16-26(17-6-4-2)22-15-14-18-10-9-13-20-19-11-7-8-12-21(19)25(27)24(22)23(18)20/h7-15H,3-6,16-17H2,1-2H3. The van der Waals surface area contributed by atoms with E-state index in [0.29, 0.717) is 0 Å². The van der Waals surface area contributed by atoms with Crippen molar-refractivity contribution in [1.82, 2.24) is 0 Å². The average Bonchev–Trinajstić information content (AvgIpc) is 2.72. The Hall–Kier alpha value is -2.61. The molecule has 0 amide bonds.